The minimum Gasteiger partial charge on any atom is -0.508 e. The van der Waals surface area contributed by atoms with E-state index in [0.29, 0.717) is 11.8 Å². The van der Waals surface area contributed by atoms with Gasteiger partial charge in [0.1, 0.15) is 5.75 Å². The van der Waals surface area contributed by atoms with Gasteiger partial charge in [-0.1, -0.05) is 50.2 Å². The highest BCUT2D eigenvalue weighted by Crippen LogP contribution is 2.20. The van der Waals surface area contributed by atoms with Crippen LogP contribution in [0, 0.1) is 0 Å². The molecule has 0 aromatic heterocycles. The zero-order chi connectivity index (χ0) is 14.4. The van der Waals surface area contributed by atoms with E-state index in [-0.39, 0.29) is 0 Å². The molecular weight excluding hydrogens is 246 g/mol. The largest absolute Gasteiger partial charge is 0.508 e. The van der Waals surface area contributed by atoms with Crippen LogP contribution in [0.15, 0.2) is 48.5 Å². The molecule has 0 bridgehead atoms. The number of rotatable bonds is 6. The van der Waals surface area contributed by atoms with Crippen LogP contribution in [0.25, 0.3) is 0 Å². The molecule has 0 saturated heterocycles. The number of nitrogens with one attached hydrogen (secondary N) is 1. The molecule has 0 aliphatic rings. The summed E-state index contributed by atoms with van der Waals surface area (Å²) in [6, 6.07) is 16.6. The van der Waals surface area contributed by atoms with E-state index in [0.717, 1.165) is 19.4 Å². The zero-order valence-electron chi connectivity index (χ0n) is 12.3. The van der Waals surface area contributed by atoms with Gasteiger partial charge in [0, 0.05) is 6.04 Å². The number of phenolic OH excluding ortho intramolecular Hbond substituents is 1. The molecule has 2 aromatic rings. The Hall–Kier alpha value is -1.80. The molecule has 0 spiro atoms. The lowest BCUT2D eigenvalue weighted by molar-refractivity contribution is 0.474. The van der Waals surface area contributed by atoms with Crippen molar-refractivity contribution in [3.8, 4) is 5.75 Å². The van der Waals surface area contributed by atoms with Crippen molar-refractivity contribution in [3.05, 3.63) is 65.2 Å². The Labute approximate surface area is 121 Å². The standard InChI is InChI=1S/C18H23NO/c1-3-14-5-9-16(10-6-14)18(19-4-2)13-15-7-11-17(20)12-8-15/h5-12,18-20H,3-4,13H2,1-2H3. The van der Waals surface area contributed by atoms with Crippen LogP contribution < -0.4 is 5.32 Å². The second-order valence-electron chi connectivity index (χ2n) is 5.08. The molecule has 0 aliphatic carbocycles. The van der Waals surface area contributed by atoms with Crippen LogP contribution in [0.3, 0.4) is 0 Å². The summed E-state index contributed by atoms with van der Waals surface area (Å²) in [7, 11) is 0. The van der Waals surface area contributed by atoms with Gasteiger partial charge in [-0.05, 0) is 48.2 Å². The van der Waals surface area contributed by atoms with Crippen molar-refractivity contribution in [2.45, 2.75) is 32.7 Å². The van der Waals surface area contributed by atoms with E-state index in [1.807, 2.05) is 12.1 Å². The van der Waals surface area contributed by atoms with Crippen molar-refractivity contribution in [1.82, 2.24) is 5.32 Å². The topological polar surface area (TPSA) is 32.3 Å². The highest BCUT2D eigenvalue weighted by molar-refractivity contribution is 5.30. The second-order valence-corrected chi connectivity index (χ2v) is 5.08. The first-order valence-electron chi connectivity index (χ1n) is 7.33. The number of phenols is 1. The van der Waals surface area contributed by atoms with Gasteiger partial charge in [-0.15, -0.1) is 0 Å². The zero-order valence-corrected chi connectivity index (χ0v) is 12.3. The average Bonchev–Trinajstić information content (AvgIpc) is 2.49. The molecule has 106 valence electrons. The molecule has 2 rings (SSSR count). The lowest BCUT2D eigenvalue weighted by atomic mass is 9.97. The average molecular weight is 269 g/mol. The van der Waals surface area contributed by atoms with E-state index in [2.05, 4.69) is 43.4 Å². The van der Waals surface area contributed by atoms with Gasteiger partial charge in [0.05, 0.1) is 0 Å². The molecule has 0 saturated carbocycles. The maximum absolute atomic E-state index is 9.35. The van der Waals surface area contributed by atoms with Crippen molar-refractivity contribution >= 4 is 0 Å². The van der Waals surface area contributed by atoms with E-state index in [1.54, 1.807) is 12.1 Å². The summed E-state index contributed by atoms with van der Waals surface area (Å²) >= 11 is 0. The summed E-state index contributed by atoms with van der Waals surface area (Å²) < 4.78 is 0. The van der Waals surface area contributed by atoms with Gasteiger partial charge in [-0.25, -0.2) is 0 Å². The molecule has 20 heavy (non-hydrogen) atoms. The van der Waals surface area contributed by atoms with Crippen LogP contribution in [0.5, 0.6) is 5.75 Å². The van der Waals surface area contributed by atoms with Gasteiger partial charge < -0.3 is 10.4 Å². The molecule has 0 radical (unpaired) electrons. The first-order chi connectivity index (χ1) is 9.72. The van der Waals surface area contributed by atoms with E-state index >= 15 is 0 Å². The summed E-state index contributed by atoms with van der Waals surface area (Å²) in [5.74, 6) is 0.320. The number of aryl methyl sites for hydroxylation is 1. The highest BCUT2D eigenvalue weighted by atomic mass is 16.3. The minimum atomic E-state index is 0.315. The van der Waals surface area contributed by atoms with Gasteiger partial charge in [0.2, 0.25) is 0 Å². The molecule has 0 fully saturated rings. The predicted octanol–water partition coefficient (Wildman–Crippen LogP) is 3.85. The van der Waals surface area contributed by atoms with Crippen LogP contribution >= 0.6 is 0 Å². The maximum Gasteiger partial charge on any atom is 0.115 e. The van der Waals surface area contributed by atoms with Gasteiger partial charge in [-0.2, -0.15) is 0 Å². The van der Waals surface area contributed by atoms with Gasteiger partial charge >= 0.3 is 0 Å². The Morgan fingerprint density at radius 2 is 1.50 bits per heavy atom. The van der Waals surface area contributed by atoms with Crippen LogP contribution in [0.2, 0.25) is 0 Å². The molecule has 2 heteroatoms. The lowest BCUT2D eigenvalue weighted by Crippen LogP contribution is -2.22. The van der Waals surface area contributed by atoms with Crippen molar-refractivity contribution in [1.29, 1.82) is 0 Å². The number of benzene rings is 2. The monoisotopic (exact) mass is 269 g/mol. The Morgan fingerprint density at radius 3 is 2.05 bits per heavy atom. The normalized spacial score (nSPS) is 12.3. The first kappa shape index (κ1) is 14.6. The third-order valence-corrected chi connectivity index (χ3v) is 3.62. The molecule has 0 heterocycles. The third-order valence-electron chi connectivity index (χ3n) is 3.62. The van der Waals surface area contributed by atoms with Crippen molar-refractivity contribution in [3.63, 3.8) is 0 Å². The van der Waals surface area contributed by atoms with E-state index in [4.69, 9.17) is 0 Å². The fraction of sp³-hybridized carbons (Fsp3) is 0.333. The molecule has 1 unspecified atom stereocenters. The second kappa shape index (κ2) is 7.11. The van der Waals surface area contributed by atoms with E-state index in [9.17, 15) is 5.11 Å². The lowest BCUT2D eigenvalue weighted by Gasteiger charge is -2.19. The Balaban J connectivity index is 2.14. The maximum atomic E-state index is 9.35. The SMILES string of the molecule is CCNC(Cc1ccc(O)cc1)c1ccc(CC)cc1. The summed E-state index contributed by atoms with van der Waals surface area (Å²) in [6.07, 6.45) is 2.00. The molecule has 2 nitrogen and oxygen atoms in total. The van der Waals surface area contributed by atoms with Crippen LogP contribution in [-0.4, -0.2) is 11.7 Å². The molecule has 1 atom stereocenters. The number of hydrogen-bond acceptors (Lipinski definition) is 2. The smallest absolute Gasteiger partial charge is 0.115 e. The Bertz CT molecular complexity index is 516. The van der Waals surface area contributed by atoms with Crippen molar-refractivity contribution in [2.24, 2.45) is 0 Å². The van der Waals surface area contributed by atoms with Gasteiger partial charge in [-0.3, -0.25) is 0 Å². The molecule has 0 amide bonds. The Kier molecular flexibility index (Phi) is 5.19. The van der Waals surface area contributed by atoms with Gasteiger partial charge in [0.25, 0.3) is 0 Å². The number of likely N-dealkylation sites (N-methyl/N-ethyl adjacent to an activating group) is 1. The molecule has 0 aliphatic heterocycles. The fourth-order valence-electron chi connectivity index (χ4n) is 2.41. The molecule has 2 N–H and O–H groups in total. The summed E-state index contributed by atoms with van der Waals surface area (Å²) in [5.41, 5.74) is 3.92. The van der Waals surface area contributed by atoms with Crippen molar-refractivity contribution in [2.75, 3.05) is 6.54 Å². The van der Waals surface area contributed by atoms with E-state index in [1.165, 1.54) is 16.7 Å². The summed E-state index contributed by atoms with van der Waals surface area (Å²) in [4.78, 5) is 0. The summed E-state index contributed by atoms with van der Waals surface area (Å²) in [6.45, 7) is 5.25. The first-order valence-corrected chi connectivity index (χ1v) is 7.33. The number of aromatic hydroxyl groups is 1. The van der Waals surface area contributed by atoms with Gasteiger partial charge in [0.15, 0.2) is 0 Å². The quantitative estimate of drug-likeness (QED) is 0.835. The van der Waals surface area contributed by atoms with Crippen molar-refractivity contribution < 1.29 is 5.11 Å². The van der Waals surface area contributed by atoms with E-state index < -0.39 is 0 Å². The van der Waals surface area contributed by atoms with Crippen LogP contribution in [-0.2, 0) is 12.8 Å². The summed E-state index contributed by atoms with van der Waals surface area (Å²) in [5, 5.41) is 12.9. The molecule has 2 aromatic carbocycles. The van der Waals surface area contributed by atoms with Crippen LogP contribution in [0.4, 0.5) is 0 Å². The predicted molar refractivity (Wildman–Crippen MR) is 84.0 cm³/mol. The fourth-order valence-corrected chi connectivity index (χ4v) is 2.41. The minimum absolute atomic E-state index is 0.315. The van der Waals surface area contributed by atoms with Crippen LogP contribution in [0.1, 0.15) is 36.6 Å². The third kappa shape index (κ3) is 3.84. The Morgan fingerprint density at radius 1 is 0.900 bits per heavy atom. The number of hydrogen-bond donors (Lipinski definition) is 2. The molecular formula is C18H23NO. The highest BCUT2D eigenvalue weighted by Gasteiger charge is 2.11.